The molecule has 0 unspecified atom stereocenters. The molecule has 0 aromatic heterocycles. The van der Waals surface area contributed by atoms with E-state index in [0.29, 0.717) is 0 Å². The maximum atomic E-state index is 11.9. The fourth-order valence-electron chi connectivity index (χ4n) is 1.70. The molecule has 2 rings (SSSR count). The van der Waals surface area contributed by atoms with Crippen molar-refractivity contribution in [3.63, 3.8) is 0 Å². The van der Waals surface area contributed by atoms with Crippen LogP contribution in [0.3, 0.4) is 0 Å². The summed E-state index contributed by atoms with van der Waals surface area (Å²) in [7, 11) is 0. The Balaban J connectivity index is 2.10. The number of halogens is 2. The summed E-state index contributed by atoms with van der Waals surface area (Å²) in [6.07, 6.45) is 0.159. The van der Waals surface area contributed by atoms with Crippen molar-refractivity contribution in [2.45, 2.75) is 6.42 Å². The molecule has 1 N–H and O–H groups in total. The first-order valence-electron chi connectivity index (χ1n) is 5.94. The number of benzene rings is 2. The Kier molecular flexibility index (Phi) is 4.93. The molecule has 2 aromatic carbocycles. The van der Waals surface area contributed by atoms with Gasteiger partial charge in [-0.3, -0.25) is 14.9 Å². The number of amides is 1. The summed E-state index contributed by atoms with van der Waals surface area (Å²) >= 11 is 9.24. The molecular weight excluding hydrogens is 360 g/mol. The molecule has 1 amide bonds. The van der Waals surface area contributed by atoms with Crippen LogP contribution in [0.15, 0.2) is 46.9 Å². The third-order valence-electron chi connectivity index (χ3n) is 2.71. The van der Waals surface area contributed by atoms with E-state index >= 15 is 0 Å². The largest absolute Gasteiger partial charge is 0.324 e. The number of nitrogens with one attached hydrogen (secondary N) is 1. The van der Waals surface area contributed by atoms with E-state index in [-0.39, 0.29) is 28.7 Å². The molecule has 7 heteroatoms. The van der Waals surface area contributed by atoms with Gasteiger partial charge in [0.1, 0.15) is 0 Å². The summed E-state index contributed by atoms with van der Waals surface area (Å²) in [5.74, 6) is -0.292. The van der Waals surface area contributed by atoms with E-state index < -0.39 is 4.92 Å². The Morgan fingerprint density at radius 2 is 1.90 bits per heavy atom. The highest BCUT2D eigenvalue weighted by Gasteiger charge is 2.12. The SMILES string of the molecule is O=C(Cc1ccc(Br)cc1)Nc1cc([N+](=O)[O-])ccc1Cl. The second kappa shape index (κ2) is 6.69. The molecule has 0 fully saturated rings. The van der Waals surface area contributed by atoms with Gasteiger partial charge in [-0.15, -0.1) is 0 Å². The molecule has 108 valence electrons. The first kappa shape index (κ1) is 15.5. The zero-order valence-electron chi connectivity index (χ0n) is 10.7. The van der Waals surface area contributed by atoms with Crippen LogP contribution in [-0.2, 0) is 11.2 Å². The van der Waals surface area contributed by atoms with Gasteiger partial charge < -0.3 is 5.32 Å². The van der Waals surface area contributed by atoms with E-state index in [0.717, 1.165) is 10.0 Å². The van der Waals surface area contributed by atoms with Crippen LogP contribution in [0.2, 0.25) is 5.02 Å². The molecule has 0 aliphatic heterocycles. The average Bonchev–Trinajstić information content (AvgIpc) is 2.43. The number of nitrogens with zero attached hydrogens (tertiary/aromatic N) is 1. The molecule has 0 atom stereocenters. The predicted molar refractivity (Wildman–Crippen MR) is 84.6 cm³/mol. The molecule has 0 spiro atoms. The number of carbonyl (C=O) groups excluding carboxylic acids is 1. The van der Waals surface area contributed by atoms with Crippen molar-refractivity contribution in [2.24, 2.45) is 0 Å². The van der Waals surface area contributed by atoms with Crippen LogP contribution in [0.4, 0.5) is 11.4 Å². The number of non-ortho nitro benzene ring substituents is 1. The number of carbonyl (C=O) groups is 1. The zero-order valence-corrected chi connectivity index (χ0v) is 13.0. The summed E-state index contributed by atoms with van der Waals surface area (Å²) in [6, 6.07) is 11.2. The van der Waals surface area contributed by atoms with Crippen LogP contribution >= 0.6 is 27.5 Å². The molecule has 0 aliphatic rings. The standard InChI is InChI=1S/C14H10BrClN2O3/c15-10-3-1-9(2-4-10)7-14(19)17-13-8-11(18(20)21)5-6-12(13)16/h1-6,8H,7H2,(H,17,19). The lowest BCUT2D eigenvalue weighted by Gasteiger charge is -2.07. The lowest BCUT2D eigenvalue weighted by Crippen LogP contribution is -2.14. The second-order valence-corrected chi connectivity index (χ2v) is 5.60. The van der Waals surface area contributed by atoms with Gasteiger partial charge in [-0.2, -0.15) is 0 Å². The van der Waals surface area contributed by atoms with E-state index in [1.165, 1.54) is 18.2 Å². The van der Waals surface area contributed by atoms with Crippen LogP contribution in [0, 0.1) is 10.1 Å². The summed E-state index contributed by atoms with van der Waals surface area (Å²) in [5, 5.41) is 13.6. The minimum atomic E-state index is -0.541. The van der Waals surface area contributed by atoms with Crippen molar-refractivity contribution < 1.29 is 9.72 Å². The maximum absolute atomic E-state index is 11.9. The number of nitro groups is 1. The number of hydrogen-bond acceptors (Lipinski definition) is 3. The van der Waals surface area contributed by atoms with Crippen LogP contribution in [0.1, 0.15) is 5.56 Å². The molecule has 2 aromatic rings. The molecule has 0 radical (unpaired) electrons. The van der Waals surface area contributed by atoms with Crippen molar-refractivity contribution >= 4 is 44.8 Å². The molecule has 0 heterocycles. The lowest BCUT2D eigenvalue weighted by molar-refractivity contribution is -0.384. The zero-order chi connectivity index (χ0) is 15.4. The summed E-state index contributed by atoms with van der Waals surface area (Å²) < 4.78 is 0.924. The highest BCUT2D eigenvalue weighted by molar-refractivity contribution is 9.10. The van der Waals surface area contributed by atoms with Crippen molar-refractivity contribution in [3.8, 4) is 0 Å². The van der Waals surface area contributed by atoms with E-state index in [1.807, 2.05) is 24.3 Å². The van der Waals surface area contributed by atoms with Gasteiger partial charge in [0.15, 0.2) is 0 Å². The number of nitro benzene ring substituents is 1. The van der Waals surface area contributed by atoms with Gasteiger partial charge in [0, 0.05) is 16.6 Å². The Bertz CT molecular complexity index is 689. The quantitative estimate of drug-likeness (QED) is 0.648. The molecule has 0 aliphatic carbocycles. The van der Waals surface area contributed by atoms with Crippen molar-refractivity contribution in [1.29, 1.82) is 0 Å². The van der Waals surface area contributed by atoms with E-state index in [4.69, 9.17) is 11.6 Å². The van der Waals surface area contributed by atoms with Gasteiger partial charge in [0.25, 0.3) is 5.69 Å². The predicted octanol–water partition coefficient (Wildman–Crippen LogP) is 4.19. The third-order valence-corrected chi connectivity index (χ3v) is 3.57. The summed E-state index contributed by atoms with van der Waals surface area (Å²) in [6.45, 7) is 0. The average molecular weight is 370 g/mol. The number of rotatable bonds is 4. The van der Waals surface area contributed by atoms with Crippen LogP contribution in [0.5, 0.6) is 0 Å². The van der Waals surface area contributed by atoms with Crippen LogP contribution < -0.4 is 5.32 Å². The monoisotopic (exact) mass is 368 g/mol. The fraction of sp³-hybridized carbons (Fsp3) is 0.0714. The van der Waals surface area contributed by atoms with Gasteiger partial charge in [0.05, 0.1) is 22.1 Å². The minimum Gasteiger partial charge on any atom is -0.324 e. The van der Waals surface area contributed by atoms with Gasteiger partial charge in [0.2, 0.25) is 5.91 Å². The molecular formula is C14H10BrClN2O3. The second-order valence-electron chi connectivity index (χ2n) is 4.27. The maximum Gasteiger partial charge on any atom is 0.271 e. The smallest absolute Gasteiger partial charge is 0.271 e. The highest BCUT2D eigenvalue weighted by Crippen LogP contribution is 2.26. The number of anilines is 1. The van der Waals surface area contributed by atoms with E-state index in [1.54, 1.807) is 0 Å². The molecule has 0 bridgehead atoms. The Labute approximate surface area is 134 Å². The van der Waals surface area contributed by atoms with Crippen molar-refractivity contribution in [3.05, 3.63) is 67.6 Å². The minimum absolute atomic E-state index is 0.127. The highest BCUT2D eigenvalue weighted by atomic mass is 79.9. The summed E-state index contributed by atoms with van der Waals surface area (Å²) in [5.41, 5.74) is 0.934. The molecule has 0 saturated carbocycles. The topological polar surface area (TPSA) is 72.2 Å². The van der Waals surface area contributed by atoms with E-state index in [9.17, 15) is 14.9 Å². The Hall–Kier alpha value is -1.92. The first-order valence-corrected chi connectivity index (χ1v) is 7.11. The summed E-state index contributed by atoms with van der Waals surface area (Å²) in [4.78, 5) is 22.1. The molecule has 21 heavy (non-hydrogen) atoms. The normalized spacial score (nSPS) is 10.2. The van der Waals surface area contributed by atoms with Crippen LogP contribution in [-0.4, -0.2) is 10.8 Å². The van der Waals surface area contributed by atoms with Gasteiger partial charge >= 0.3 is 0 Å². The van der Waals surface area contributed by atoms with Crippen molar-refractivity contribution in [1.82, 2.24) is 0 Å². The lowest BCUT2D eigenvalue weighted by atomic mass is 10.1. The van der Waals surface area contributed by atoms with Gasteiger partial charge in [-0.1, -0.05) is 39.7 Å². The van der Waals surface area contributed by atoms with Gasteiger partial charge in [-0.05, 0) is 23.8 Å². The van der Waals surface area contributed by atoms with Crippen molar-refractivity contribution in [2.75, 3.05) is 5.32 Å². The van der Waals surface area contributed by atoms with E-state index in [2.05, 4.69) is 21.2 Å². The molecule has 0 saturated heterocycles. The third kappa shape index (κ3) is 4.27. The molecule has 5 nitrogen and oxygen atoms in total. The fourth-order valence-corrected chi connectivity index (χ4v) is 2.13. The van der Waals surface area contributed by atoms with Crippen LogP contribution in [0.25, 0.3) is 0 Å². The Morgan fingerprint density at radius 1 is 1.24 bits per heavy atom. The van der Waals surface area contributed by atoms with Gasteiger partial charge in [-0.25, -0.2) is 0 Å². The first-order chi connectivity index (χ1) is 9.95. The Morgan fingerprint density at radius 3 is 2.52 bits per heavy atom. The number of hydrogen-bond donors (Lipinski definition) is 1.